The molecule has 0 aromatic carbocycles. The van der Waals surface area contributed by atoms with Gasteiger partial charge >= 0.3 is 12.1 Å². The van der Waals surface area contributed by atoms with Gasteiger partial charge in [0, 0.05) is 6.42 Å². The number of ether oxygens (including phenoxy) is 1. The second-order valence-corrected chi connectivity index (χ2v) is 2.67. The molecular weight excluding hydrogens is 213 g/mol. The third kappa shape index (κ3) is 6.70. The van der Waals surface area contributed by atoms with Crippen LogP contribution in [0.2, 0.25) is 0 Å². The Labute approximate surface area is 84.9 Å². The Kier molecular flexibility index (Phi) is 5.66. The van der Waals surface area contributed by atoms with Gasteiger partial charge in [-0.2, -0.15) is 13.2 Å². The van der Waals surface area contributed by atoms with Crippen molar-refractivity contribution in [2.45, 2.75) is 25.9 Å². The average molecular weight is 224 g/mol. The maximum Gasteiger partial charge on any atom is 0.449 e. The van der Waals surface area contributed by atoms with E-state index in [1.807, 2.05) is 0 Å². The van der Waals surface area contributed by atoms with E-state index in [1.165, 1.54) is 6.08 Å². The molecule has 0 spiro atoms. The molecular formula is C9H11F3O3. The van der Waals surface area contributed by atoms with Crippen molar-refractivity contribution in [3.63, 3.8) is 0 Å². The maximum atomic E-state index is 11.7. The van der Waals surface area contributed by atoms with Gasteiger partial charge in [-0.3, -0.25) is 9.59 Å². The molecule has 0 aliphatic heterocycles. The fourth-order valence-corrected chi connectivity index (χ4v) is 0.667. The molecule has 0 radical (unpaired) electrons. The highest BCUT2D eigenvalue weighted by Crippen LogP contribution is 2.18. The summed E-state index contributed by atoms with van der Waals surface area (Å²) in [6.07, 6.45) is -3.12. The van der Waals surface area contributed by atoms with Gasteiger partial charge in [0.25, 0.3) is 0 Å². The van der Waals surface area contributed by atoms with Crippen molar-refractivity contribution in [3.05, 3.63) is 12.2 Å². The Hall–Kier alpha value is -1.33. The molecule has 6 heteroatoms. The summed E-state index contributed by atoms with van der Waals surface area (Å²) in [6, 6.07) is 0. The van der Waals surface area contributed by atoms with E-state index in [0.29, 0.717) is 0 Å². The van der Waals surface area contributed by atoms with Gasteiger partial charge in [0.2, 0.25) is 5.78 Å². The Morgan fingerprint density at radius 1 is 1.27 bits per heavy atom. The number of hydrogen-bond donors (Lipinski definition) is 0. The summed E-state index contributed by atoms with van der Waals surface area (Å²) in [5, 5.41) is 0. The Balaban J connectivity index is 3.77. The minimum absolute atomic E-state index is 0.00947. The monoisotopic (exact) mass is 224 g/mol. The Bertz CT molecular complexity index is 256. The molecule has 0 amide bonds. The molecule has 0 saturated carbocycles. The minimum atomic E-state index is -4.87. The average Bonchev–Trinajstić information content (AvgIpc) is 2.13. The first-order valence-corrected chi connectivity index (χ1v) is 4.24. The highest BCUT2D eigenvalue weighted by Gasteiger charge is 2.37. The minimum Gasteiger partial charge on any atom is -0.461 e. The van der Waals surface area contributed by atoms with E-state index in [2.05, 4.69) is 4.74 Å². The van der Waals surface area contributed by atoms with E-state index in [0.717, 1.165) is 0 Å². The highest BCUT2D eigenvalue weighted by atomic mass is 19.4. The summed E-state index contributed by atoms with van der Waals surface area (Å²) in [5.74, 6) is -2.73. The van der Waals surface area contributed by atoms with Crippen molar-refractivity contribution < 1.29 is 27.5 Å². The zero-order valence-electron chi connectivity index (χ0n) is 8.13. The number of carbonyl (C=O) groups is 2. The molecule has 0 aliphatic carbocycles. The first-order chi connectivity index (χ1) is 6.88. The SMILES string of the molecule is C/C=C\COC(=O)CCC(=O)C(F)(F)F. The van der Waals surface area contributed by atoms with Crippen LogP contribution in [0.25, 0.3) is 0 Å². The molecule has 0 heterocycles. The first-order valence-electron chi connectivity index (χ1n) is 4.24. The maximum absolute atomic E-state index is 11.7. The molecule has 0 aromatic heterocycles. The number of Topliss-reactive ketones (excluding diaryl/α,β-unsaturated/α-hetero) is 1. The molecule has 0 N–H and O–H groups in total. The van der Waals surface area contributed by atoms with Crippen LogP contribution in [0.15, 0.2) is 12.2 Å². The van der Waals surface area contributed by atoms with E-state index in [1.54, 1.807) is 13.0 Å². The van der Waals surface area contributed by atoms with E-state index < -0.39 is 30.8 Å². The van der Waals surface area contributed by atoms with Crippen molar-refractivity contribution in [1.29, 1.82) is 0 Å². The van der Waals surface area contributed by atoms with Gasteiger partial charge in [0.05, 0.1) is 6.42 Å². The van der Waals surface area contributed by atoms with Gasteiger partial charge in [-0.25, -0.2) is 0 Å². The van der Waals surface area contributed by atoms with Crippen LogP contribution < -0.4 is 0 Å². The van der Waals surface area contributed by atoms with Crippen LogP contribution in [0.4, 0.5) is 13.2 Å². The molecule has 3 nitrogen and oxygen atoms in total. The van der Waals surface area contributed by atoms with Crippen LogP contribution >= 0.6 is 0 Å². The number of rotatable bonds is 5. The molecule has 86 valence electrons. The quantitative estimate of drug-likeness (QED) is 0.530. The van der Waals surface area contributed by atoms with Crippen molar-refractivity contribution in [1.82, 2.24) is 0 Å². The van der Waals surface area contributed by atoms with Crippen LogP contribution in [-0.2, 0) is 14.3 Å². The molecule has 0 fully saturated rings. The van der Waals surface area contributed by atoms with Crippen LogP contribution in [0.5, 0.6) is 0 Å². The molecule has 0 bridgehead atoms. The summed E-state index contributed by atoms with van der Waals surface area (Å²) in [4.78, 5) is 21.1. The van der Waals surface area contributed by atoms with Crippen molar-refractivity contribution >= 4 is 11.8 Å². The number of alkyl halides is 3. The van der Waals surface area contributed by atoms with Crippen LogP contribution in [0.1, 0.15) is 19.8 Å². The highest BCUT2D eigenvalue weighted by molar-refractivity contribution is 5.87. The fourth-order valence-electron chi connectivity index (χ4n) is 0.667. The van der Waals surface area contributed by atoms with Crippen molar-refractivity contribution in [2.24, 2.45) is 0 Å². The number of allylic oxidation sites excluding steroid dienone is 1. The number of ketones is 1. The predicted molar refractivity (Wildman–Crippen MR) is 46.1 cm³/mol. The second kappa shape index (κ2) is 6.21. The Morgan fingerprint density at radius 2 is 1.87 bits per heavy atom. The van der Waals surface area contributed by atoms with Gasteiger partial charge in [0.15, 0.2) is 0 Å². The van der Waals surface area contributed by atoms with Gasteiger partial charge in [0.1, 0.15) is 6.61 Å². The van der Waals surface area contributed by atoms with Crippen molar-refractivity contribution in [3.8, 4) is 0 Å². The number of hydrogen-bond acceptors (Lipinski definition) is 3. The third-order valence-electron chi connectivity index (χ3n) is 1.45. The summed E-state index contributed by atoms with van der Waals surface area (Å²) in [7, 11) is 0. The molecule has 15 heavy (non-hydrogen) atoms. The fraction of sp³-hybridized carbons (Fsp3) is 0.556. The third-order valence-corrected chi connectivity index (χ3v) is 1.45. The summed E-state index contributed by atoms with van der Waals surface area (Å²) in [5.41, 5.74) is 0. The lowest BCUT2D eigenvalue weighted by Gasteiger charge is -2.04. The van der Waals surface area contributed by atoms with Gasteiger partial charge < -0.3 is 4.74 Å². The van der Waals surface area contributed by atoms with Gasteiger partial charge in [-0.1, -0.05) is 12.2 Å². The standard InChI is InChI=1S/C9H11F3O3/c1-2-3-6-15-8(14)5-4-7(13)9(10,11)12/h2-3H,4-6H2,1H3/b3-2-. The lowest BCUT2D eigenvalue weighted by atomic mass is 10.2. The van der Waals surface area contributed by atoms with Gasteiger partial charge in [-0.05, 0) is 6.92 Å². The lowest BCUT2D eigenvalue weighted by molar-refractivity contribution is -0.172. The summed E-state index contributed by atoms with van der Waals surface area (Å²) < 4.78 is 39.6. The van der Waals surface area contributed by atoms with Crippen LogP contribution in [0.3, 0.4) is 0 Å². The summed E-state index contributed by atoms with van der Waals surface area (Å²) >= 11 is 0. The zero-order chi connectivity index (χ0) is 11.9. The normalized spacial score (nSPS) is 11.7. The molecule has 0 aromatic rings. The topological polar surface area (TPSA) is 43.4 Å². The lowest BCUT2D eigenvalue weighted by Crippen LogP contribution is -2.23. The number of carbonyl (C=O) groups excluding carboxylic acids is 2. The largest absolute Gasteiger partial charge is 0.461 e. The van der Waals surface area contributed by atoms with Crippen LogP contribution in [-0.4, -0.2) is 24.5 Å². The van der Waals surface area contributed by atoms with Crippen molar-refractivity contribution in [2.75, 3.05) is 6.61 Å². The zero-order valence-corrected chi connectivity index (χ0v) is 8.13. The molecule has 0 rings (SSSR count). The van der Waals surface area contributed by atoms with E-state index >= 15 is 0 Å². The molecule has 0 unspecified atom stereocenters. The number of halogens is 3. The number of esters is 1. The molecule has 0 aliphatic rings. The summed E-state index contributed by atoms with van der Waals surface area (Å²) in [6.45, 7) is 1.72. The Morgan fingerprint density at radius 3 is 2.33 bits per heavy atom. The molecule has 0 saturated heterocycles. The van der Waals surface area contributed by atoms with E-state index in [-0.39, 0.29) is 6.61 Å². The van der Waals surface area contributed by atoms with E-state index in [4.69, 9.17) is 0 Å². The second-order valence-electron chi connectivity index (χ2n) is 2.67. The molecule has 0 atom stereocenters. The smallest absolute Gasteiger partial charge is 0.449 e. The van der Waals surface area contributed by atoms with Crippen LogP contribution in [0, 0.1) is 0 Å². The van der Waals surface area contributed by atoms with E-state index in [9.17, 15) is 22.8 Å². The first kappa shape index (κ1) is 13.7. The predicted octanol–water partition coefficient (Wildman–Crippen LogP) is 2.02. The van der Waals surface area contributed by atoms with Gasteiger partial charge in [-0.15, -0.1) is 0 Å².